The first-order valence-electron chi connectivity index (χ1n) is 6.71. The number of fused-ring (bicyclic) bond motifs is 1. The number of carbonyl (C=O) groups excluding carboxylic acids is 1. The summed E-state index contributed by atoms with van der Waals surface area (Å²) in [6.45, 7) is 3.80. The van der Waals surface area contributed by atoms with E-state index in [0.29, 0.717) is 16.5 Å². The molecule has 0 bridgehead atoms. The Hall–Kier alpha value is -1.65. The van der Waals surface area contributed by atoms with Gasteiger partial charge in [-0.3, -0.25) is 9.78 Å². The molecule has 1 saturated heterocycles. The molecule has 0 spiro atoms. The minimum absolute atomic E-state index is 0.00125. The molecule has 20 heavy (non-hydrogen) atoms. The molecule has 0 aliphatic carbocycles. The normalized spacial score (nSPS) is 16.7. The molecule has 4 nitrogen and oxygen atoms in total. The summed E-state index contributed by atoms with van der Waals surface area (Å²) in [7, 11) is 0. The van der Waals surface area contributed by atoms with E-state index in [4.69, 9.17) is 11.6 Å². The number of hydrogen-bond donors (Lipinski definition) is 2. The number of anilines is 1. The number of aromatic nitrogens is 1. The summed E-state index contributed by atoms with van der Waals surface area (Å²) in [5.74, 6) is 0.467. The molecule has 3 rings (SSSR count). The van der Waals surface area contributed by atoms with Crippen LogP contribution < -0.4 is 10.6 Å². The molecule has 104 valence electrons. The summed E-state index contributed by atoms with van der Waals surface area (Å²) < 4.78 is 0. The van der Waals surface area contributed by atoms with Crippen molar-refractivity contribution >= 4 is 34.1 Å². The first-order chi connectivity index (χ1) is 9.66. The minimum Gasteiger partial charge on any atom is -0.325 e. The van der Waals surface area contributed by atoms with E-state index >= 15 is 0 Å². The highest BCUT2D eigenvalue weighted by Crippen LogP contribution is 2.29. The van der Waals surface area contributed by atoms with Crippen LogP contribution in [0, 0.1) is 11.8 Å². The van der Waals surface area contributed by atoms with Crippen LogP contribution in [0.4, 0.5) is 5.69 Å². The highest BCUT2D eigenvalue weighted by Gasteiger charge is 2.28. The van der Waals surface area contributed by atoms with Gasteiger partial charge >= 0.3 is 0 Å². The van der Waals surface area contributed by atoms with Gasteiger partial charge in [-0.15, -0.1) is 0 Å². The molecule has 1 aromatic heterocycles. The molecule has 5 heteroatoms. The van der Waals surface area contributed by atoms with E-state index in [1.165, 1.54) is 0 Å². The highest BCUT2D eigenvalue weighted by molar-refractivity contribution is 6.35. The Kier molecular flexibility index (Phi) is 3.59. The molecule has 0 radical (unpaired) electrons. The molecular formula is C15H16ClN3O. The molecule has 2 N–H and O–H groups in total. The number of benzene rings is 1. The van der Waals surface area contributed by atoms with Crippen LogP contribution in [0.25, 0.3) is 10.9 Å². The number of nitrogens with zero attached hydrogens (tertiary/aromatic N) is 1. The van der Waals surface area contributed by atoms with Crippen LogP contribution in [0.15, 0.2) is 30.5 Å². The third-order valence-electron chi connectivity index (χ3n) is 3.91. The predicted molar refractivity (Wildman–Crippen MR) is 80.9 cm³/mol. The topological polar surface area (TPSA) is 54.0 Å². The van der Waals surface area contributed by atoms with Gasteiger partial charge in [0.1, 0.15) is 0 Å². The van der Waals surface area contributed by atoms with Gasteiger partial charge in [0.15, 0.2) is 0 Å². The van der Waals surface area contributed by atoms with Gasteiger partial charge in [0.2, 0.25) is 5.91 Å². The summed E-state index contributed by atoms with van der Waals surface area (Å²) >= 11 is 6.13. The zero-order valence-corrected chi connectivity index (χ0v) is 11.9. The van der Waals surface area contributed by atoms with Crippen molar-refractivity contribution in [3.05, 3.63) is 35.5 Å². The molecule has 1 atom stereocenters. The summed E-state index contributed by atoms with van der Waals surface area (Å²) in [4.78, 5) is 16.5. The fraction of sp³-hybridized carbons (Fsp3) is 0.333. The third kappa shape index (κ3) is 2.37. The predicted octanol–water partition coefficient (Wildman–Crippen LogP) is 2.68. The fourth-order valence-electron chi connectivity index (χ4n) is 2.37. The quantitative estimate of drug-likeness (QED) is 0.913. The number of pyridine rings is 1. The van der Waals surface area contributed by atoms with Gasteiger partial charge in [-0.25, -0.2) is 0 Å². The molecule has 0 saturated carbocycles. The lowest BCUT2D eigenvalue weighted by atomic mass is 9.88. The lowest BCUT2D eigenvalue weighted by Gasteiger charge is -2.31. The van der Waals surface area contributed by atoms with E-state index in [-0.39, 0.29) is 11.8 Å². The summed E-state index contributed by atoms with van der Waals surface area (Å²) in [6, 6.07) is 7.35. The van der Waals surface area contributed by atoms with Gasteiger partial charge in [-0.1, -0.05) is 18.5 Å². The van der Waals surface area contributed by atoms with Crippen molar-refractivity contribution in [1.82, 2.24) is 10.3 Å². The summed E-state index contributed by atoms with van der Waals surface area (Å²) in [5.41, 5.74) is 1.48. The van der Waals surface area contributed by atoms with Gasteiger partial charge < -0.3 is 10.6 Å². The van der Waals surface area contributed by atoms with Crippen molar-refractivity contribution in [3.63, 3.8) is 0 Å². The Morgan fingerprint density at radius 2 is 2.25 bits per heavy atom. The van der Waals surface area contributed by atoms with Crippen LogP contribution in [0.3, 0.4) is 0 Å². The van der Waals surface area contributed by atoms with Crippen molar-refractivity contribution < 1.29 is 4.79 Å². The second-order valence-corrected chi connectivity index (χ2v) is 5.60. The zero-order chi connectivity index (χ0) is 14.1. The van der Waals surface area contributed by atoms with Crippen molar-refractivity contribution in [3.8, 4) is 0 Å². The maximum atomic E-state index is 12.3. The van der Waals surface area contributed by atoms with Crippen molar-refractivity contribution in [1.29, 1.82) is 0 Å². The Morgan fingerprint density at radius 1 is 1.45 bits per heavy atom. The van der Waals surface area contributed by atoms with Gasteiger partial charge in [-0.05, 0) is 43.3 Å². The Labute approximate surface area is 122 Å². The van der Waals surface area contributed by atoms with Gasteiger partial charge in [0.25, 0.3) is 0 Å². The first-order valence-corrected chi connectivity index (χ1v) is 7.09. The molecule has 2 heterocycles. The molecule has 1 amide bonds. The van der Waals surface area contributed by atoms with Crippen LogP contribution in [-0.2, 0) is 4.79 Å². The molecule has 1 aromatic carbocycles. The molecular weight excluding hydrogens is 274 g/mol. The third-order valence-corrected chi connectivity index (χ3v) is 4.22. The monoisotopic (exact) mass is 289 g/mol. The lowest BCUT2D eigenvalue weighted by Crippen LogP contribution is -2.48. The Bertz CT molecular complexity index is 655. The van der Waals surface area contributed by atoms with E-state index in [1.54, 1.807) is 12.3 Å². The first kappa shape index (κ1) is 13.3. The number of carbonyl (C=O) groups is 1. The smallest absolute Gasteiger partial charge is 0.227 e. The van der Waals surface area contributed by atoms with E-state index in [1.807, 2.05) is 25.1 Å². The van der Waals surface area contributed by atoms with Crippen LogP contribution >= 0.6 is 11.6 Å². The highest BCUT2D eigenvalue weighted by atomic mass is 35.5. The van der Waals surface area contributed by atoms with Gasteiger partial charge in [0.05, 0.1) is 16.2 Å². The molecule has 1 fully saturated rings. The number of rotatable bonds is 3. The lowest BCUT2D eigenvalue weighted by molar-refractivity contribution is -0.121. The van der Waals surface area contributed by atoms with Crippen molar-refractivity contribution in [2.24, 2.45) is 11.8 Å². The fourth-order valence-corrected chi connectivity index (χ4v) is 2.59. The molecule has 1 aliphatic heterocycles. The maximum Gasteiger partial charge on any atom is 0.227 e. The number of hydrogen-bond acceptors (Lipinski definition) is 3. The molecule has 1 aliphatic rings. The second-order valence-electron chi connectivity index (χ2n) is 5.19. The van der Waals surface area contributed by atoms with E-state index < -0.39 is 0 Å². The van der Waals surface area contributed by atoms with Gasteiger partial charge in [0, 0.05) is 17.5 Å². The SMILES string of the molecule is CC(C(=O)Nc1ccc(Cl)c2ncccc12)C1CNC1. The average molecular weight is 290 g/mol. The van der Waals surface area contributed by atoms with Crippen molar-refractivity contribution in [2.75, 3.05) is 18.4 Å². The summed E-state index contributed by atoms with van der Waals surface area (Å²) in [5, 5.41) is 7.65. The number of nitrogens with one attached hydrogen (secondary N) is 2. The second kappa shape index (κ2) is 5.38. The van der Waals surface area contributed by atoms with Crippen LogP contribution in [0.1, 0.15) is 6.92 Å². The van der Waals surface area contributed by atoms with Crippen LogP contribution in [-0.4, -0.2) is 24.0 Å². The van der Waals surface area contributed by atoms with E-state index in [0.717, 1.165) is 24.2 Å². The van der Waals surface area contributed by atoms with Gasteiger partial charge in [-0.2, -0.15) is 0 Å². The van der Waals surface area contributed by atoms with Crippen LogP contribution in [0.5, 0.6) is 0 Å². The zero-order valence-electron chi connectivity index (χ0n) is 11.2. The average Bonchev–Trinajstić information content (AvgIpc) is 2.40. The Morgan fingerprint density at radius 3 is 2.95 bits per heavy atom. The molecule has 2 aromatic rings. The van der Waals surface area contributed by atoms with E-state index in [9.17, 15) is 4.79 Å². The number of halogens is 1. The minimum atomic E-state index is -0.00125. The summed E-state index contributed by atoms with van der Waals surface area (Å²) in [6.07, 6.45) is 1.70. The number of amides is 1. The molecule has 1 unspecified atom stereocenters. The van der Waals surface area contributed by atoms with E-state index in [2.05, 4.69) is 15.6 Å². The van der Waals surface area contributed by atoms with Crippen LogP contribution in [0.2, 0.25) is 5.02 Å². The Balaban J connectivity index is 1.87. The van der Waals surface area contributed by atoms with Crippen molar-refractivity contribution in [2.45, 2.75) is 6.92 Å². The maximum absolute atomic E-state index is 12.3. The largest absolute Gasteiger partial charge is 0.325 e. The standard InChI is InChI=1S/C15H16ClN3O/c1-9(10-7-17-8-10)15(20)19-13-5-4-12(16)14-11(13)3-2-6-18-14/h2-6,9-10,17H,7-8H2,1H3,(H,19,20).